The molecule has 0 atom stereocenters. The van der Waals surface area contributed by atoms with Gasteiger partial charge < -0.3 is 9.47 Å². The van der Waals surface area contributed by atoms with E-state index in [1.165, 1.54) is 0 Å². The molecule has 0 unspecified atom stereocenters. The smallest absolute Gasteiger partial charge is 0.379 e. The summed E-state index contributed by atoms with van der Waals surface area (Å²) in [5.74, 6) is -2.19. The van der Waals surface area contributed by atoms with Gasteiger partial charge in [-0.15, -0.1) is 0 Å². The molecule has 0 radical (unpaired) electrons. The highest BCUT2D eigenvalue weighted by Gasteiger charge is 2.13. The van der Waals surface area contributed by atoms with Crippen molar-refractivity contribution in [1.82, 2.24) is 0 Å². The van der Waals surface area contributed by atoms with E-state index in [-0.39, 0.29) is 24.5 Å². The fraction of sp³-hybridized carbons (Fsp3) is 0.545. The molecule has 0 bridgehead atoms. The van der Waals surface area contributed by atoms with Crippen LogP contribution in [0.3, 0.4) is 0 Å². The van der Waals surface area contributed by atoms with Crippen molar-refractivity contribution >= 4 is 29.3 Å². The summed E-state index contributed by atoms with van der Waals surface area (Å²) in [7, 11) is 0. The molecule has 0 spiro atoms. The Morgan fingerprint density at radius 2 is 1.65 bits per heavy atom. The third-order valence-electron chi connectivity index (χ3n) is 1.64. The highest BCUT2D eigenvalue weighted by atomic mass is 35.5. The Kier molecular flexibility index (Phi) is 8.05. The Labute approximate surface area is 105 Å². The maximum atomic E-state index is 11.2. The van der Waals surface area contributed by atoms with E-state index < -0.39 is 17.7 Å². The Bertz CT molecular complexity index is 322. The average Bonchev–Trinajstić information content (AvgIpc) is 2.27. The first-order valence-electron chi connectivity index (χ1n) is 5.24. The second-order valence-corrected chi connectivity index (χ2v) is 3.47. The topological polar surface area (TPSA) is 69.7 Å². The van der Waals surface area contributed by atoms with Crippen LogP contribution in [0.4, 0.5) is 0 Å². The molecule has 0 rings (SSSR count). The summed E-state index contributed by atoms with van der Waals surface area (Å²) in [6.45, 7) is 3.71. The number of rotatable bonds is 7. The van der Waals surface area contributed by atoms with Gasteiger partial charge in [-0.2, -0.15) is 0 Å². The number of esters is 2. The van der Waals surface area contributed by atoms with Gasteiger partial charge in [0.15, 0.2) is 0 Å². The lowest BCUT2D eigenvalue weighted by atomic mass is 10.2. The summed E-state index contributed by atoms with van der Waals surface area (Å²) >= 11 is 5.69. The molecular weight excluding hydrogens is 248 g/mol. The van der Waals surface area contributed by atoms with Crippen molar-refractivity contribution in [2.24, 2.45) is 0 Å². The first kappa shape index (κ1) is 15.6. The van der Waals surface area contributed by atoms with Crippen LogP contribution in [0.25, 0.3) is 0 Å². The largest absolute Gasteiger partial charge is 0.466 e. The van der Waals surface area contributed by atoms with Gasteiger partial charge in [-0.1, -0.05) is 11.6 Å². The molecule has 0 saturated heterocycles. The summed E-state index contributed by atoms with van der Waals surface area (Å²) < 4.78 is 9.17. The Hall–Kier alpha value is -1.36. The fourth-order valence-electron chi connectivity index (χ4n) is 0.930. The molecule has 6 heteroatoms. The highest BCUT2D eigenvalue weighted by Crippen LogP contribution is 2.11. The summed E-state index contributed by atoms with van der Waals surface area (Å²) in [5.41, 5.74) is 0. The Balaban J connectivity index is 4.12. The monoisotopic (exact) mass is 262 g/mol. The Morgan fingerprint density at radius 1 is 1.06 bits per heavy atom. The van der Waals surface area contributed by atoms with Crippen LogP contribution in [0, 0.1) is 0 Å². The minimum absolute atomic E-state index is 0.0687. The van der Waals surface area contributed by atoms with Crippen LogP contribution in [0.2, 0.25) is 0 Å². The summed E-state index contributed by atoms with van der Waals surface area (Å²) in [4.78, 5) is 33.1. The molecule has 96 valence electrons. The number of ether oxygens (including phenoxy) is 2. The quantitative estimate of drug-likeness (QED) is 0.396. The molecular formula is C11H15ClO5. The van der Waals surface area contributed by atoms with E-state index in [1.54, 1.807) is 13.8 Å². The molecule has 0 aliphatic carbocycles. The number of halogens is 1. The van der Waals surface area contributed by atoms with Gasteiger partial charge in [0.1, 0.15) is 0 Å². The third-order valence-corrected chi connectivity index (χ3v) is 1.94. The molecule has 0 aromatic heterocycles. The van der Waals surface area contributed by atoms with Crippen molar-refractivity contribution in [3.8, 4) is 0 Å². The van der Waals surface area contributed by atoms with Crippen LogP contribution in [0.15, 0.2) is 11.1 Å². The standard InChI is InChI=1S/C11H15ClO5/c1-3-16-10(14)6-5-8(12)7-9(13)11(15)17-4-2/h7H,3-6H2,1-2H3/b8-7-. The van der Waals surface area contributed by atoms with Gasteiger partial charge in [0.2, 0.25) is 0 Å². The van der Waals surface area contributed by atoms with E-state index in [4.69, 9.17) is 11.6 Å². The SMILES string of the molecule is CCOC(=O)CC/C(Cl)=C/C(=O)C(=O)OCC. The van der Waals surface area contributed by atoms with E-state index >= 15 is 0 Å². The maximum Gasteiger partial charge on any atom is 0.379 e. The van der Waals surface area contributed by atoms with Gasteiger partial charge in [0.25, 0.3) is 5.78 Å². The molecule has 0 aliphatic heterocycles. The van der Waals surface area contributed by atoms with Crippen molar-refractivity contribution in [3.63, 3.8) is 0 Å². The molecule has 0 heterocycles. The lowest BCUT2D eigenvalue weighted by molar-refractivity contribution is -0.151. The summed E-state index contributed by atoms with van der Waals surface area (Å²) in [5, 5.41) is 0.121. The van der Waals surface area contributed by atoms with Crippen molar-refractivity contribution in [2.75, 3.05) is 13.2 Å². The number of allylic oxidation sites excluding steroid dienone is 1. The second-order valence-electron chi connectivity index (χ2n) is 2.98. The zero-order valence-corrected chi connectivity index (χ0v) is 10.6. The van der Waals surface area contributed by atoms with Crippen LogP contribution in [-0.4, -0.2) is 30.9 Å². The Morgan fingerprint density at radius 3 is 2.18 bits per heavy atom. The number of carbonyl (C=O) groups excluding carboxylic acids is 3. The summed E-state index contributed by atoms with van der Waals surface area (Å²) in [6.07, 6.45) is 1.18. The first-order valence-corrected chi connectivity index (χ1v) is 5.61. The summed E-state index contributed by atoms with van der Waals surface area (Å²) in [6, 6.07) is 0. The second kappa shape index (κ2) is 8.75. The zero-order valence-electron chi connectivity index (χ0n) is 9.82. The number of ketones is 1. The van der Waals surface area contributed by atoms with Gasteiger partial charge in [-0.05, 0) is 20.3 Å². The van der Waals surface area contributed by atoms with Crippen LogP contribution in [0.1, 0.15) is 26.7 Å². The number of hydrogen-bond acceptors (Lipinski definition) is 5. The van der Waals surface area contributed by atoms with Gasteiger partial charge in [-0.3, -0.25) is 9.59 Å². The first-order chi connectivity index (χ1) is 8.01. The zero-order chi connectivity index (χ0) is 13.3. The van der Waals surface area contributed by atoms with E-state index in [0.29, 0.717) is 6.61 Å². The molecule has 0 amide bonds. The molecule has 0 aromatic carbocycles. The van der Waals surface area contributed by atoms with Crippen molar-refractivity contribution in [2.45, 2.75) is 26.7 Å². The molecule has 17 heavy (non-hydrogen) atoms. The van der Waals surface area contributed by atoms with Crippen molar-refractivity contribution < 1.29 is 23.9 Å². The molecule has 0 aromatic rings. The van der Waals surface area contributed by atoms with Gasteiger partial charge in [-0.25, -0.2) is 4.79 Å². The van der Waals surface area contributed by atoms with Gasteiger partial charge in [0, 0.05) is 11.1 Å². The van der Waals surface area contributed by atoms with E-state index in [0.717, 1.165) is 6.08 Å². The minimum Gasteiger partial charge on any atom is -0.466 e. The van der Waals surface area contributed by atoms with Crippen LogP contribution in [0.5, 0.6) is 0 Å². The number of carbonyl (C=O) groups is 3. The molecule has 0 fully saturated rings. The maximum absolute atomic E-state index is 11.2. The van der Waals surface area contributed by atoms with E-state index in [2.05, 4.69) is 9.47 Å². The average molecular weight is 263 g/mol. The minimum atomic E-state index is -0.957. The normalized spacial score (nSPS) is 10.9. The molecule has 5 nitrogen and oxygen atoms in total. The molecule has 0 N–H and O–H groups in total. The van der Waals surface area contributed by atoms with E-state index in [1.807, 2.05) is 0 Å². The van der Waals surface area contributed by atoms with Gasteiger partial charge >= 0.3 is 11.9 Å². The lowest BCUT2D eigenvalue weighted by Crippen LogP contribution is -2.15. The lowest BCUT2D eigenvalue weighted by Gasteiger charge is -2.01. The molecule has 0 aliphatic rings. The predicted octanol–water partition coefficient (Wildman–Crippen LogP) is 1.58. The van der Waals surface area contributed by atoms with Crippen LogP contribution >= 0.6 is 11.6 Å². The fourth-order valence-corrected chi connectivity index (χ4v) is 1.12. The van der Waals surface area contributed by atoms with Crippen LogP contribution in [-0.2, 0) is 23.9 Å². The number of hydrogen-bond donors (Lipinski definition) is 0. The molecule has 0 saturated carbocycles. The van der Waals surface area contributed by atoms with Gasteiger partial charge in [0.05, 0.1) is 19.6 Å². The van der Waals surface area contributed by atoms with Crippen LogP contribution < -0.4 is 0 Å². The predicted molar refractivity (Wildman–Crippen MR) is 61.4 cm³/mol. The van der Waals surface area contributed by atoms with Crippen molar-refractivity contribution in [3.05, 3.63) is 11.1 Å². The van der Waals surface area contributed by atoms with E-state index in [9.17, 15) is 14.4 Å². The third kappa shape index (κ3) is 7.52. The highest BCUT2D eigenvalue weighted by molar-refractivity contribution is 6.41. The van der Waals surface area contributed by atoms with Crippen molar-refractivity contribution in [1.29, 1.82) is 0 Å².